The van der Waals surface area contributed by atoms with Crippen molar-refractivity contribution < 1.29 is 22.8 Å². The van der Waals surface area contributed by atoms with Crippen LogP contribution >= 0.6 is 0 Å². The van der Waals surface area contributed by atoms with E-state index in [1.807, 2.05) is 0 Å². The van der Waals surface area contributed by atoms with Crippen LogP contribution < -0.4 is 0 Å². The molecule has 0 atom stereocenters. The first-order chi connectivity index (χ1) is 6.45. The van der Waals surface area contributed by atoms with Crippen LogP contribution in [0.5, 0.6) is 0 Å². The van der Waals surface area contributed by atoms with Crippen molar-refractivity contribution in [1.82, 2.24) is 0 Å². The van der Waals surface area contributed by atoms with Crippen molar-refractivity contribution in [3.8, 4) is 0 Å². The second kappa shape index (κ2) is 6.34. The Labute approximate surface area is 79.8 Å². The number of halogens is 3. The zero-order valence-electron chi connectivity index (χ0n) is 7.51. The SMILES string of the molecule is O=C/C=C/CCC(=O)CCC(F)(F)F. The molecule has 0 saturated heterocycles. The molecule has 0 aliphatic carbocycles. The van der Waals surface area contributed by atoms with Gasteiger partial charge in [-0.3, -0.25) is 9.59 Å². The molecule has 0 saturated carbocycles. The highest BCUT2D eigenvalue weighted by Gasteiger charge is 2.27. The van der Waals surface area contributed by atoms with Crippen LogP contribution in [0.2, 0.25) is 0 Å². The molecule has 0 aliphatic rings. The van der Waals surface area contributed by atoms with Gasteiger partial charge < -0.3 is 0 Å². The maximum absolute atomic E-state index is 11.6. The average Bonchev–Trinajstić information content (AvgIpc) is 2.08. The molecule has 0 spiro atoms. The molecule has 0 aromatic carbocycles. The fourth-order valence-electron chi connectivity index (χ4n) is 0.802. The molecule has 0 rings (SSSR count). The van der Waals surface area contributed by atoms with E-state index in [0.717, 1.165) is 0 Å². The van der Waals surface area contributed by atoms with Crippen LogP contribution in [-0.2, 0) is 9.59 Å². The van der Waals surface area contributed by atoms with Crippen LogP contribution in [0.3, 0.4) is 0 Å². The molecule has 5 heteroatoms. The van der Waals surface area contributed by atoms with Crippen molar-refractivity contribution in [2.24, 2.45) is 0 Å². The standard InChI is InChI=1S/C9H11F3O2/c10-9(11,12)6-5-8(14)4-2-1-3-7-13/h1,3,7H,2,4-6H2/b3-1+. The smallest absolute Gasteiger partial charge is 0.300 e. The Hall–Kier alpha value is -1.13. The molecule has 0 amide bonds. The van der Waals surface area contributed by atoms with E-state index in [-0.39, 0.29) is 6.42 Å². The Bertz CT molecular complexity index is 219. The maximum Gasteiger partial charge on any atom is 0.389 e. The van der Waals surface area contributed by atoms with Crippen LogP contribution in [0, 0.1) is 0 Å². The number of hydrogen-bond acceptors (Lipinski definition) is 2. The molecule has 0 unspecified atom stereocenters. The van der Waals surface area contributed by atoms with E-state index < -0.39 is 24.8 Å². The predicted molar refractivity (Wildman–Crippen MR) is 44.7 cm³/mol. The molecule has 0 aromatic heterocycles. The Morgan fingerprint density at radius 1 is 1.21 bits per heavy atom. The van der Waals surface area contributed by atoms with Gasteiger partial charge in [-0.2, -0.15) is 13.2 Å². The minimum absolute atomic E-state index is 0.0560. The van der Waals surface area contributed by atoms with Gasteiger partial charge in [0.2, 0.25) is 0 Å². The van der Waals surface area contributed by atoms with Crippen molar-refractivity contribution in [3.05, 3.63) is 12.2 Å². The Morgan fingerprint density at radius 3 is 2.36 bits per heavy atom. The first-order valence-corrected chi connectivity index (χ1v) is 4.14. The van der Waals surface area contributed by atoms with Gasteiger partial charge in [-0.25, -0.2) is 0 Å². The number of ketones is 1. The second-order valence-corrected chi connectivity index (χ2v) is 2.76. The number of hydrogen-bond donors (Lipinski definition) is 0. The quantitative estimate of drug-likeness (QED) is 0.496. The normalized spacial score (nSPS) is 11.9. The van der Waals surface area contributed by atoms with Crippen LogP contribution in [0.4, 0.5) is 13.2 Å². The molecule has 0 heterocycles. The number of carbonyl (C=O) groups excluding carboxylic acids is 2. The summed E-state index contributed by atoms with van der Waals surface area (Å²) in [6, 6.07) is 0. The van der Waals surface area contributed by atoms with Crippen molar-refractivity contribution in [2.75, 3.05) is 0 Å². The summed E-state index contributed by atoms with van der Waals surface area (Å²) in [6.07, 6.45) is -2.21. The zero-order valence-corrected chi connectivity index (χ0v) is 7.51. The first kappa shape index (κ1) is 12.9. The largest absolute Gasteiger partial charge is 0.389 e. The van der Waals surface area contributed by atoms with E-state index in [4.69, 9.17) is 0 Å². The molecule has 0 aromatic rings. The molecule has 80 valence electrons. The third-order valence-electron chi connectivity index (χ3n) is 1.49. The van der Waals surface area contributed by atoms with Crippen LogP contribution in [0.25, 0.3) is 0 Å². The van der Waals surface area contributed by atoms with Gasteiger partial charge in [0.05, 0.1) is 6.42 Å². The second-order valence-electron chi connectivity index (χ2n) is 2.76. The molecule has 0 N–H and O–H groups in total. The lowest BCUT2D eigenvalue weighted by Gasteiger charge is -2.03. The Balaban J connectivity index is 3.56. The van der Waals surface area contributed by atoms with Crippen molar-refractivity contribution in [1.29, 1.82) is 0 Å². The summed E-state index contributed by atoms with van der Waals surface area (Å²) < 4.78 is 34.9. The summed E-state index contributed by atoms with van der Waals surface area (Å²) in [4.78, 5) is 20.6. The van der Waals surface area contributed by atoms with E-state index >= 15 is 0 Å². The first-order valence-electron chi connectivity index (χ1n) is 4.14. The number of Topliss-reactive ketones (excluding diaryl/α,β-unsaturated/α-hetero) is 1. The van der Waals surface area contributed by atoms with Gasteiger partial charge >= 0.3 is 6.18 Å². The molecular weight excluding hydrogens is 197 g/mol. The summed E-state index contributed by atoms with van der Waals surface area (Å²) in [7, 11) is 0. The zero-order chi connectivity index (χ0) is 11.0. The van der Waals surface area contributed by atoms with E-state index in [1.165, 1.54) is 12.2 Å². The van der Waals surface area contributed by atoms with E-state index in [1.54, 1.807) is 0 Å². The molecule has 0 aliphatic heterocycles. The third-order valence-corrected chi connectivity index (χ3v) is 1.49. The molecule has 2 nitrogen and oxygen atoms in total. The summed E-state index contributed by atoms with van der Waals surface area (Å²) in [5, 5.41) is 0. The number of allylic oxidation sites excluding steroid dienone is 2. The lowest BCUT2D eigenvalue weighted by atomic mass is 10.1. The summed E-state index contributed by atoms with van der Waals surface area (Å²) in [5.74, 6) is -0.433. The van der Waals surface area contributed by atoms with Gasteiger partial charge in [0.25, 0.3) is 0 Å². The van der Waals surface area contributed by atoms with E-state index in [0.29, 0.717) is 12.7 Å². The average molecular weight is 208 g/mol. The van der Waals surface area contributed by atoms with Gasteiger partial charge in [0, 0.05) is 12.8 Å². The summed E-state index contributed by atoms with van der Waals surface area (Å²) >= 11 is 0. The minimum atomic E-state index is -4.27. The molecule has 0 fully saturated rings. The highest BCUT2D eigenvalue weighted by Crippen LogP contribution is 2.21. The Morgan fingerprint density at radius 2 is 1.86 bits per heavy atom. The van der Waals surface area contributed by atoms with E-state index in [9.17, 15) is 22.8 Å². The van der Waals surface area contributed by atoms with Gasteiger partial charge in [-0.1, -0.05) is 6.08 Å². The third kappa shape index (κ3) is 8.96. The highest BCUT2D eigenvalue weighted by molar-refractivity contribution is 5.78. The summed E-state index contributed by atoms with van der Waals surface area (Å²) in [6.45, 7) is 0. The molecule has 14 heavy (non-hydrogen) atoms. The highest BCUT2D eigenvalue weighted by atomic mass is 19.4. The number of rotatable bonds is 6. The lowest BCUT2D eigenvalue weighted by Crippen LogP contribution is -2.10. The topological polar surface area (TPSA) is 34.1 Å². The summed E-state index contributed by atoms with van der Waals surface area (Å²) in [5.41, 5.74) is 0. The fourth-order valence-corrected chi connectivity index (χ4v) is 0.802. The van der Waals surface area contributed by atoms with E-state index in [2.05, 4.69) is 0 Å². The fraction of sp³-hybridized carbons (Fsp3) is 0.556. The van der Waals surface area contributed by atoms with Crippen molar-refractivity contribution in [2.45, 2.75) is 31.9 Å². The maximum atomic E-state index is 11.6. The van der Waals surface area contributed by atoms with Gasteiger partial charge in [-0.15, -0.1) is 0 Å². The Kier molecular flexibility index (Phi) is 5.83. The number of carbonyl (C=O) groups is 2. The lowest BCUT2D eigenvalue weighted by molar-refractivity contribution is -0.143. The van der Waals surface area contributed by atoms with Crippen LogP contribution in [0.1, 0.15) is 25.7 Å². The number of aldehydes is 1. The van der Waals surface area contributed by atoms with Gasteiger partial charge in [0.1, 0.15) is 12.1 Å². The van der Waals surface area contributed by atoms with Gasteiger partial charge in [-0.05, 0) is 12.5 Å². The van der Waals surface area contributed by atoms with Gasteiger partial charge in [0.15, 0.2) is 0 Å². The predicted octanol–water partition coefficient (Wildman–Crippen LogP) is 2.43. The molecule has 0 bridgehead atoms. The van der Waals surface area contributed by atoms with Crippen molar-refractivity contribution >= 4 is 12.1 Å². The minimum Gasteiger partial charge on any atom is -0.300 e. The van der Waals surface area contributed by atoms with Crippen LogP contribution in [0.15, 0.2) is 12.2 Å². The van der Waals surface area contributed by atoms with Crippen molar-refractivity contribution in [3.63, 3.8) is 0 Å². The van der Waals surface area contributed by atoms with Crippen LogP contribution in [-0.4, -0.2) is 18.2 Å². The molecular formula is C9H11F3O2. The molecule has 0 radical (unpaired) electrons. The monoisotopic (exact) mass is 208 g/mol. The number of alkyl halides is 3.